The first-order chi connectivity index (χ1) is 8.62. The van der Waals surface area contributed by atoms with Crippen LogP contribution >= 0.6 is 0 Å². The molecule has 0 aliphatic heterocycles. The number of rotatable bonds is 4. The Bertz CT molecular complexity index is 433. The molecule has 0 radical (unpaired) electrons. The molecule has 0 atom stereocenters. The van der Waals surface area contributed by atoms with Crippen LogP contribution in [0.25, 0.3) is 0 Å². The van der Waals surface area contributed by atoms with E-state index in [-0.39, 0.29) is 5.69 Å². The van der Waals surface area contributed by atoms with Gasteiger partial charge in [-0.25, -0.2) is 9.78 Å². The molecule has 5 nitrogen and oxygen atoms in total. The zero-order valence-corrected chi connectivity index (χ0v) is 11.1. The molecule has 0 unspecified atom stereocenters. The number of nitrogens with zero attached hydrogens (tertiary/aromatic N) is 2. The molecule has 1 aromatic heterocycles. The van der Waals surface area contributed by atoms with E-state index in [0.29, 0.717) is 11.2 Å². The molecule has 0 spiro atoms. The first-order valence-corrected chi connectivity index (χ1v) is 6.51. The Balaban J connectivity index is 2.19. The summed E-state index contributed by atoms with van der Waals surface area (Å²) < 4.78 is 6.55. The van der Waals surface area contributed by atoms with Gasteiger partial charge in [0.25, 0.3) is 0 Å². The van der Waals surface area contributed by atoms with E-state index in [1.54, 1.807) is 6.33 Å². The van der Waals surface area contributed by atoms with Gasteiger partial charge in [0, 0.05) is 6.54 Å². The average Bonchev–Trinajstić information content (AvgIpc) is 2.98. The minimum atomic E-state index is -0.469. The van der Waals surface area contributed by atoms with Gasteiger partial charge in [0.2, 0.25) is 0 Å². The third kappa shape index (κ3) is 2.21. The van der Waals surface area contributed by atoms with E-state index < -0.39 is 5.97 Å². The van der Waals surface area contributed by atoms with E-state index in [9.17, 15) is 4.79 Å². The molecule has 1 fully saturated rings. The molecule has 1 aliphatic carbocycles. The number of methoxy groups -OCH3 is 1. The Hall–Kier alpha value is -1.52. The van der Waals surface area contributed by atoms with Crippen molar-refractivity contribution in [1.29, 1.82) is 0 Å². The topological polar surface area (TPSA) is 70.1 Å². The summed E-state index contributed by atoms with van der Waals surface area (Å²) in [6, 6.07) is 0. The minimum absolute atomic E-state index is 0.224. The molecular formula is C13H21N3O2. The van der Waals surface area contributed by atoms with E-state index >= 15 is 0 Å². The van der Waals surface area contributed by atoms with E-state index in [0.717, 1.165) is 13.0 Å². The first-order valence-electron chi connectivity index (χ1n) is 6.51. The highest BCUT2D eigenvalue weighted by molar-refractivity contribution is 5.92. The number of carbonyl (C=O) groups excluding carboxylic acids is 1. The van der Waals surface area contributed by atoms with Crippen molar-refractivity contribution in [1.82, 2.24) is 9.55 Å². The zero-order chi connectivity index (χ0) is 13.2. The van der Waals surface area contributed by atoms with E-state index in [1.165, 1.54) is 32.8 Å². The maximum atomic E-state index is 11.5. The number of nitrogen functional groups attached to an aromatic ring is 1. The van der Waals surface area contributed by atoms with Crippen LogP contribution in [0.3, 0.4) is 0 Å². The van der Waals surface area contributed by atoms with Crippen molar-refractivity contribution in [3.8, 4) is 0 Å². The van der Waals surface area contributed by atoms with Gasteiger partial charge in [-0.1, -0.05) is 19.8 Å². The van der Waals surface area contributed by atoms with Gasteiger partial charge < -0.3 is 15.0 Å². The van der Waals surface area contributed by atoms with Crippen LogP contribution in [0.4, 0.5) is 5.82 Å². The Labute approximate surface area is 107 Å². The van der Waals surface area contributed by atoms with Crippen LogP contribution in [0.1, 0.15) is 49.5 Å². The predicted molar refractivity (Wildman–Crippen MR) is 69.2 cm³/mol. The second-order valence-corrected chi connectivity index (χ2v) is 5.16. The summed E-state index contributed by atoms with van der Waals surface area (Å²) in [7, 11) is 1.34. The highest BCUT2D eigenvalue weighted by atomic mass is 16.5. The molecule has 1 saturated carbocycles. The Morgan fingerprint density at radius 1 is 1.56 bits per heavy atom. The fraction of sp³-hybridized carbons (Fsp3) is 0.692. The monoisotopic (exact) mass is 251 g/mol. The molecule has 2 rings (SSSR count). The minimum Gasteiger partial charge on any atom is -0.464 e. The number of carbonyl (C=O) groups is 1. The van der Waals surface area contributed by atoms with Gasteiger partial charge in [0.05, 0.1) is 13.4 Å². The number of hydrogen-bond acceptors (Lipinski definition) is 4. The first kappa shape index (κ1) is 12.9. The van der Waals surface area contributed by atoms with E-state index in [4.69, 9.17) is 5.73 Å². The van der Waals surface area contributed by atoms with Crippen molar-refractivity contribution >= 4 is 11.8 Å². The maximum absolute atomic E-state index is 11.5. The van der Waals surface area contributed by atoms with E-state index in [1.807, 2.05) is 4.57 Å². The number of hydrogen-bond donors (Lipinski definition) is 1. The highest BCUT2D eigenvalue weighted by Gasteiger charge is 2.33. The molecule has 0 amide bonds. The molecule has 0 saturated heterocycles. The Kier molecular flexibility index (Phi) is 3.59. The predicted octanol–water partition coefficient (Wildman–Crippen LogP) is 2.22. The van der Waals surface area contributed by atoms with Crippen LogP contribution in [-0.2, 0) is 11.3 Å². The summed E-state index contributed by atoms with van der Waals surface area (Å²) in [6.07, 6.45) is 7.82. The maximum Gasteiger partial charge on any atom is 0.360 e. The van der Waals surface area contributed by atoms with Gasteiger partial charge >= 0.3 is 5.97 Å². The normalized spacial score (nSPS) is 17.9. The van der Waals surface area contributed by atoms with Gasteiger partial charge in [-0.05, 0) is 24.7 Å². The van der Waals surface area contributed by atoms with Crippen LogP contribution in [0.15, 0.2) is 6.33 Å². The number of anilines is 1. The van der Waals surface area contributed by atoms with Crippen LogP contribution in [0.5, 0.6) is 0 Å². The number of esters is 1. The second kappa shape index (κ2) is 5.00. The van der Waals surface area contributed by atoms with Crippen LogP contribution in [0.2, 0.25) is 0 Å². The zero-order valence-electron chi connectivity index (χ0n) is 11.1. The fourth-order valence-corrected chi connectivity index (χ4v) is 2.88. The number of imidazole rings is 1. The van der Waals surface area contributed by atoms with Crippen molar-refractivity contribution in [3.63, 3.8) is 0 Å². The molecule has 18 heavy (non-hydrogen) atoms. The molecule has 100 valence electrons. The lowest BCUT2D eigenvalue weighted by atomic mass is 9.83. The molecule has 2 N–H and O–H groups in total. The van der Waals surface area contributed by atoms with Crippen LogP contribution < -0.4 is 5.73 Å². The number of ether oxygens (including phenoxy) is 1. The molecule has 1 aliphatic rings. The van der Waals surface area contributed by atoms with Crippen molar-refractivity contribution < 1.29 is 9.53 Å². The fourth-order valence-electron chi connectivity index (χ4n) is 2.88. The summed E-state index contributed by atoms with van der Waals surface area (Å²) in [5, 5.41) is 0. The lowest BCUT2D eigenvalue weighted by Crippen LogP contribution is -2.23. The smallest absolute Gasteiger partial charge is 0.360 e. The standard InChI is InChI=1S/C13H21N3O2/c1-3-13(6-4-5-7-13)8-16-9-15-10(11(16)14)12(17)18-2/h9H,3-8,14H2,1-2H3. The van der Waals surface area contributed by atoms with Crippen LogP contribution in [-0.4, -0.2) is 22.6 Å². The second-order valence-electron chi connectivity index (χ2n) is 5.16. The van der Waals surface area contributed by atoms with Crippen molar-refractivity contribution in [2.75, 3.05) is 12.8 Å². The third-order valence-electron chi connectivity index (χ3n) is 4.18. The summed E-state index contributed by atoms with van der Waals surface area (Å²) in [5.41, 5.74) is 6.52. The Morgan fingerprint density at radius 2 is 2.22 bits per heavy atom. The number of nitrogens with two attached hydrogens (primary N) is 1. The van der Waals surface area contributed by atoms with Crippen molar-refractivity contribution in [3.05, 3.63) is 12.0 Å². The van der Waals surface area contributed by atoms with Gasteiger partial charge in [-0.15, -0.1) is 0 Å². The van der Waals surface area contributed by atoms with E-state index in [2.05, 4.69) is 16.6 Å². The highest BCUT2D eigenvalue weighted by Crippen LogP contribution is 2.42. The summed E-state index contributed by atoms with van der Waals surface area (Å²) in [6.45, 7) is 3.07. The lowest BCUT2D eigenvalue weighted by Gasteiger charge is -2.28. The molecule has 1 aromatic rings. The largest absolute Gasteiger partial charge is 0.464 e. The number of aromatic nitrogens is 2. The van der Waals surface area contributed by atoms with Crippen LogP contribution in [0, 0.1) is 5.41 Å². The third-order valence-corrected chi connectivity index (χ3v) is 4.18. The molecule has 0 bridgehead atoms. The average molecular weight is 251 g/mol. The SMILES string of the molecule is CCC1(Cn2cnc(C(=O)OC)c2N)CCCC1. The summed E-state index contributed by atoms with van der Waals surface area (Å²) in [5.74, 6) is -0.0511. The molecule has 5 heteroatoms. The van der Waals surface area contributed by atoms with Gasteiger partial charge in [-0.3, -0.25) is 0 Å². The molecular weight excluding hydrogens is 230 g/mol. The van der Waals surface area contributed by atoms with Gasteiger partial charge in [0.1, 0.15) is 5.82 Å². The Morgan fingerprint density at radius 3 is 2.78 bits per heavy atom. The molecule has 0 aromatic carbocycles. The van der Waals surface area contributed by atoms with Gasteiger partial charge in [0.15, 0.2) is 5.69 Å². The lowest BCUT2D eigenvalue weighted by molar-refractivity contribution is 0.0595. The quantitative estimate of drug-likeness (QED) is 0.833. The van der Waals surface area contributed by atoms with Crippen molar-refractivity contribution in [2.24, 2.45) is 5.41 Å². The summed E-state index contributed by atoms with van der Waals surface area (Å²) >= 11 is 0. The van der Waals surface area contributed by atoms with Crippen molar-refractivity contribution in [2.45, 2.75) is 45.6 Å². The molecule has 1 heterocycles. The summed E-state index contributed by atoms with van der Waals surface area (Å²) in [4.78, 5) is 15.5. The van der Waals surface area contributed by atoms with Gasteiger partial charge in [-0.2, -0.15) is 0 Å².